The van der Waals surface area contributed by atoms with Gasteiger partial charge in [0.05, 0.1) is 10.2 Å². The van der Waals surface area contributed by atoms with E-state index in [4.69, 9.17) is 5.73 Å². The largest absolute Gasteiger partial charge is 0.399 e. The number of fused-ring (bicyclic) bond motifs is 1. The van der Waals surface area contributed by atoms with Gasteiger partial charge in [-0.1, -0.05) is 18.3 Å². The lowest BCUT2D eigenvalue weighted by Gasteiger charge is -2.41. The van der Waals surface area contributed by atoms with Crippen molar-refractivity contribution in [2.24, 2.45) is 0 Å². The lowest BCUT2D eigenvalue weighted by atomic mass is 9.75. The Balaban J connectivity index is 1.90. The predicted octanol–water partition coefficient (Wildman–Crippen LogP) is 3.62. The smallest absolute Gasteiger partial charge is 0.184 e. The van der Waals surface area contributed by atoms with Crippen molar-refractivity contribution < 1.29 is 0 Å². The molecule has 3 rings (SSSR count). The fourth-order valence-electron chi connectivity index (χ4n) is 2.39. The van der Waals surface area contributed by atoms with Gasteiger partial charge >= 0.3 is 0 Å². The summed E-state index contributed by atoms with van der Waals surface area (Å²) in [6, 6.07) is 5.90. The summed E-state index contributed by atoms with van der Waals surface area (Å²) in [7, 11) is 0. The lowest BCUT2D eigenvalue weighted by Crippen LogP contribution is -2.44. The van der Waals surface area contributed by atoms with Gasteiger partial charge in [-0.3, -0.25) is 0 Å². The molecule has 0 amide bonds. The minimum absolute atomic E-state index is 0.305. The third-order valence-electron chi connectivity index (χ3n) is 3.77. The molecule has 0 aliphatic heterocycles. The molecule has 3 nitrogen and oxygen atoms in total. The minimum atomic E-state index is 0.305. The normalized spacial score (nSPS) is 17.9. The molecule has 90 valence electrons. The van der Waals surface area contributed by atoms with Crippen LogP contribution in [-0.4, -0.2) is 10.5 Å². The summed E-state index contributed by atoms with van der Waals surface area (Å²) in [6.07, 6.45) is 5.03. The van der Waals surface area contributed by atoms with E-state index in [2.05, 4.69) is 17.2 Å². The minimum Gasteiger partial charge on any atom is -0.399 e. The van der Waals surface area contributed by atoms with Crippen LogP contribution in [0.4, 0.5) is 10.8 Å². The number of thiazole rings is 1. The van der Waals surface area contributed by atoms with Gasteiger partial charge in [-0.15, -0.1) is 0 Å². The molecule has 1 fully saturated rings. The van der Waals surface area contributed by atoms with Crippen LogP contribution in [0.5, 0.6) is 0 Å². The maximum Gasteiger partial charge on any atom is 0.184 e. The highest BCUT2D eigenvalue weighted by molar-refractivity contribution is 7.22. The molecule has 1 heterocycles. The Labute approximate surface area is 105 Å². The molecule has 0 radical (unpaired) electrons. The first kappa shape index (κ1) is 10.8. The van der Waals surface area contributed by atoms with Crippen LogP contribution in [0.25, 0.3) is 10.2 Å². The van der Waals surface area contributed by atoms with Gasteiger partial charge in [0.1, 0.15) is 0 Å². The summed E-state index contributed by atoms with van der Waals surface area (Å²) in [5.41, 5.74) is 7.93. The van der Waals surface area contributed by atoms with E-state index in [1.807, 2.05) is 18.2 Å². The monoisotopic (exact) mass is 247 g/mol. The van der Waals surface area contributed by atoms with Gasteiger partial charge in [0.25, 0.3) is 0 Å². The Morgan fingerprint density at radius 1 is 1.47 bits per heavy atom. The van der Waals surface area contributed by atoms with E-state index in [1.165, 1.54) is 25.7 Å². The van der Waals surface area contributed by atoms with E-state index >= 15 is 0 Å². The first-order valence-corrected chi connectivity index (χ1v) is 6.97. The molecule has 1 saturated carbocycles. The Hall–Kier alpha value is -1.29. The van der Waals surface area contributed by atoms with Crippen molar-refractivity contribution in [3.8, 4) is 0 Å². The first-order chi connectivity index (χ1) is 8.21. The standard InChI is InChI=1S/C13H17N3S/c1-2-13(6-3-7-13)16-12-15-10-5-4-9(14)8-11(10)17-12/h4-5,8H,2-3,6-7,14H2,1H3,(H,15,16). The third kappa shape index (κ3) is 1.86. The van der Waals surface area contributed by atoms with E-state index in [0.717, 1.165) is 21.0 Å². The van der Waals surface area contributed by atoms with E-state index in [1.54, 1.807) is 11.3 Å². The number of rotatable bonds is 3. The predicted molar refractivity (Wildman–Crippen MR) is 74.5 cm³/mol. The fourth-order valence-corrected chi connectivity index (χ4v) is 3.43. The molecule has 2 aromatic rings. The number of hydrogen-bond donors (Lipinski definition) is 2. The third-order valence-corrected chi connectivity index (χ3v) is 4.71. The van der Waals surface area contributed by atoms with E-state index in [9.17, 15) is 0 Å². The van der Waals surface area contributed by atoms with Crippen molar-refractivity contribution in [2.75, 3.05) is 11.1 Å². The van der Waals surface area contributed by atoms with Crippen LogP contribution in [0, 0.1) is 0 Å². The van der Waals surface area contributed by atoms with Crippen molar-refractivity contribution in [3.05, 3.63) is 18.2 Å². The lowest BCUT2D eigenvalue weighted by molar-refractivity contribution is 0.269. The molecule has 0 unspecified atom stereocenters. The number of hydrogen-bond acceptors (Lipinski definition) is 4. The second-order valence-corrected chi connectivity index (χ2v) is 5.89. The maximum absolute atomic E-state index is 5.78. The van der Waals surface area contributed by atoms with Crippen LogP contribution in [0.15, 0.2) is 18.2 Å². The molecule has 17 heavy (non-hydrogen) atoms. The molecule has 4 heteroatoms. The fraction of sp³-hybridized carbons (Fsp3) is 0.462. The SMILES string of the molecule is CCC1(Nc2nc3ccc(N)cc3s2)CCC1. The maximum atomic E-state index is 5.78. The molecular weight excluding hydrogens is 230 g/mol. The average molecular weight is 247 g/mol. The van der Waals surface area contributed by atoms with Crippen LogP contribution in [0.3, 0.4) is 0 Å². The van der Waals surface area contributed by atoms with Gasteiger partial charge in [-0.05, 0) is 43.9 Å². The van der Waals surface area contributed by atoms with Crippen molar-refractivity contribution in [3.63, 3.8) is 0 Å². The molecule has 0 spiro atoms. The summed E-state index contributed by atoms with van der Waals surface area (Å²) in [4.78, 5) is 4.62. The van der Waals surface area contributed by atoms with Gasteiger partial charge in [0.15, 0.2) is 5.13 Å². The van der Waals surface area contributed by atoms with Crippen molar-refractivity contribution >= 4 is 32.4 Å². The summed E-state index contributed by atoms with van der Waals surface area (Å²) >= 11 is 1.70. The van der Waals surface area contributed by atoms with Gasteiger partial charge in [0.2, 0.25) is 0 Å². The summed E-state index contributed by atoms with van der Waals surface area (Å²) in [5, 5.41) is 4.65. The van der Waals surface area contributed by atoms with Crippen LogP contribution >= 0.6 is 11.3 Å². The molecular formula is C13H17N3S. The highest BCUT2D eigenvalue weighted by Crippen LogP contribution is 2.39. The van der Waals surface area contributed by atoms with E-state index in [-0.39, 0.29) is 0 Å². The zero-order valence-electron chi connectivity index (χ0n) is 9.99. The topological polar surface area (TPSA) is 50.9 Å². The van der Waals surface area contributed by atoms with Gasteiger partial charge in [0, 0.05) is 11.2 Å². The number of nitrogens with one attached hydrogen (secondary N) is 1. The molecule has 0 bridgehead atoms. The number of nitrogens with zero attached hydrogens (tertiary/aromatic N) is 1. The van der Waals surface area contributed by atoms with E-state index in [0.29, 0.717) is 5.54 Å². The molecule has 1 aliphatic carbocycles. The molecule has 1 aliphatic rings. The van der Waals surface area contributed by atoms with Gasteiger partial charge in [-0.25, -0.2) is 4.98 Å². The van der Waals surface area contributed by atoms with Crippen LogP contribution < -0.4 is 11.1 Å². The van der Waals surface area contributed by atoms with Crippen LogP contribution in [0.1, 0.15) is 32.6 Å². The van der Waals surface area contributed by atoms with Crippen molar-refractivity contribution in [1.82, 2.24) is 4.98 Å². The Bertz CT molecular complexity index is 537. The zero-order valence-corrected chi connectivity index (χ0v) is 10.8. The summed E-state index contributed by atoms with van der Waals surface area (Å²) < 4.78 is 1.16. The Kier molecular flexibility index (Phi) is 2.47. The molecule has 0 atom stereocenters. The van der Waals surface area contributed by atoms with Gasteiger partial charge in [-0.2, -0.15) is 0 Å². The van der Waals surface area contributed by atoms with Crippen molar-refractivity contribution in [1.29, 1.82) is 0 Å². The molecule has 1 aromatic carbocycles. The second kappa shape index (κ2) is 3.88. The Morgan fingerprint density at radius 2 is 2.29 bits per heavy atom. The number of nitrogen functional groups attached to an aromatic ring is 1. The second-order valence-electron chi connectivity index (χ2n) is 4.86. The Morgan fingerprint density at radius 3 is 2.94 bits per heavy atom. The summed E-state index contributed by atoms with van der Waals surface area (Å²) in [5.74, 6) is 0. The van der Waals surface area contributed by atoms with Gasteiger partial charge < -0.3 is 11.1 Å². The highest BCUT2D eigenvalue weighted by Gasteiger charge is 2.35. The van der Waals surface area contributed by atoms with Crippen LogP contribution in [0.2, 0.25) is 0 Å². The molecule has 3 N–H and O–H groups in total. The van der Waals surface area contributed by atoms with Crippen LogP contribution in [-0.2, 0) is 0 Å². The molecule has 1 aromatic heterocycles. The number of nitrogens with two attached hydrogens (primary N) is 1. The summed E-state index contributed by atoms with van der Waals surface area (Å²) in [6.45, 7) is 2.25. The van der Waals surface area contributed by atoms with E-state index < -0.39 is 0 Å². The average Bonchev–Trinajstić information content (AvgIpc) is 2.65. The first-order valence-electron chi connectivity index (χ1n) is 6.15. The zero-order chi connectivity index (χ0) is 11.9. The molecule has 0 saturated heterocycles. The number of anilines is 2. The quantitative estimate of drug-likeness (QED) is 0.814. The van der Waals surface area contributed by atoms with Crippen molar-refractivity contribution in [2.45, 2.75) is 38.1 Å². The number of aromatic nitrogens is 1. The highest BCUT2D eigenvalue weighted by atomic mass is 32.1. The number of benzene rings is 1.